The van der Waals surface area contributed by atoms with Crippen molar-refractivity contribution >= 4 is 11.9 Å². The molecule has 1 saturated heterocycles. The average molecular weight is 1120 g/mol. The lowest BCUT2D eigenvalue weighted by Gasteiger charge is -2.40. The number of carbonyl (C=O) groups excluding carboxylic acids is 2. The minimum Gasteiger partial charge on any atom is -0.466 e. The molecule has 466 valence electrons. The van der Waals surface area contributed by atoms with Gasteiger partial charge in [0.05, 0.1) is 32.0 Å². The standard InChI is InChI=1S/C68H129NO10/c1-3-5-7-9-11-13-14-15-16-17-27-30-33-36-40-44-48-52-56-64(73)77-57-53-49-45-41-37-34-31-28-25-23-21-19-18-20-22-24-26-29-32-35-39-43-47-51-55-63(72)69-60(61(71)54-50-46-42-38-12-10-8-6-4-2)59-78-68-67(76)66(75)65(74)62(58-70)79-68/h20,22,50,54,60-62,65-68,70-71,74-76H,3-19,21,23-49,51-53,55-59H2,1-2H3,(H,69,72)/b22-20-,54-50+. The van der Waals surface area contributed by atoms with Gasteiger partial charge in [0, 0.05) is 12.8 Å². The molecule has 0 aromatic carbocycles. The molecule has 1 aliphatic heterocycles. The fraction of sp³-hybridized carbons (Fsp3) is 0.912. The Kier molecular flexibility index (Phi) is 55.1. The number of hydrogen-bond donors (Lipinski definition) is 6. The summed E-state index contributed by atoms with van der Waals surface area (Å²) in [7, 11) is 0. The van der Waals surface area contributed by atoms with Crippen molar-refractivity contribution in [2.45, 2.75) is 378 Å². The van der Waals surface area contributed by atoms with Crippen molar-refractivity contribution in [2.75, 3.05) is 19.8 Å². The van der Waals surface area contributed by atoms with E-state index in [1.54, 1.807) is 6.08 Å². The average Bonchev–Trinajstić information content (AvgIpc) is 3.46. The van der Waals surface area contributed by atoms with Crippen LogP contribution >= 0.6 is 0 Å². The molecule has 0 bridgehead atoms. The lowest BCUT2D eigenvalue weighted by molar-refractivity contribution is -0.302. The third kappa shape index (κ3) is 47.2. The number of nitrogens with one attached hydrogen (secondary N) is 1. The highest BCUT2D eigenvalue weighted by Crippen LogP contribution is 2.23. The second-order valence-electron chi connectivity index (χ2n) is 23.9. The van der Waals surface area contributed by atoms with E-state index >= 15 is 0 Å². The lowest BCUT2D eigenvalue weighted by atomic mass is 9.99. The fourth-order valence-corrected chi connectivity index (χ4v) is 10.9. The largest absolute Gasteiger partial charge is 0.466 e. The van der Waals surface area contributed by atoms with Gasteiger partial charge in [-0.3, -0.25) is 9.59 Å². The van der Waals surface area contributed by atoms with Crippen LogP contribution in [0.1, 0.15) is 335 Å². The van der Waals surface area contributed by atoms with Crippen LogP contribution in [0.25, 0.3) is 0 Å². The summed E-state index contributed by atoms with van der Waals surface area (Å²) < 4.78 is 16.7. The van der Waals surface area contributed by atoms with Crippen LogP contribution in [0.3, 0.4) is 0 Å². The number of allylic oxidation sites excluding steroid dienone is 3. The van der Waals surface area contributed by atoms with E-state index in [0.29, 0.717) is 19.4 Å². The van der Waals surface area contributed by atoms with Gasteiger partial charge in [-0.25, -0.2) is 0 Å². The number of amides is 1. The zero-order valence-electron chi connectivity index (χ0n) is 51.6. The van der Waals surface area contributed by atoms with E-state index in [-0.39, 0.29) is 18.5 Å². The molecule has 1 amide bonds. The highest BCUT2D eigenvalue weighted by Gasteiger charge is 2.44. The molecule has 1 rings (SSSR count). The zero-order chi connectivity index (χ0) is 57.3. The molecular weight excluding hydrogens is 991 g/mol. The molecule has 0 radical (unpaired) electrons. The first-order valence-electron chi connectivity index (χ1n) is 34.1. The first kappa shape index (κ1) is 75.2. The molecule has 7 atom stereocenters. The minimum absolute atomic E-state index is 0.00619. The normalized spacial score (nSPS) is 18.5. The highest BCUT2D eigenvalue weighted by molar-refractivity contribution is 5.76. The molecular formula is C68H129NO10. The summed E-state index contributed by atoms with van der Waals surface area (Å²) in [5, 5.41) is 54.3. The molecule has 0 aliphatic carbocycles. The summed E-state index contributed by atoms with van der Waals surface area (Å²) in [4.78, 5) is 25.1. The molecule has 7 unspecified atom stereocenters. The van der Waals surface area contributed by atoms with Crippen molar-refractivity contribution in [1.29, 1.82) is 0 Å². The van der Waals surface area contributed by atoms with Crippen LogP contribution in [0.5, 0.6) is 0 Å². The molecule has 6 N–H and O–H groups in total. The Bertz CT molecular complexity index is 1360. The summed E-state index contributed by atoms with van der Waals surface area (Å²) in [5.74, 6) is -0.181. The van der Waals surface area contributed by atoms with Crippen LogP contribution in [0.15, 0.2) is 24.3 Å². The number of rotatable bonds is 60. The van der Waals surface area contributed by atoms with Crippen LogP contribution in [-0.4, -0.2) is 100 Å². The first-order valence-corrected chi connectivity index (χ1v) is 34.1. The number of unbranched alkanes of at least 4 members (excludes halogenated alkanes) is 44. The van der Waals surface area contributed by atoms with Crippen molar-refractivity contribution in [2.24, 2.45) is 0 Å². The van der Waals surface area contributed by atoms with Gasteiger partial charge < -0.3 is 45.1 Å². The number of esters is 1. The Balaban J connectivity index is 1.94. The smallest absolute Gasteiger partial charge is 0.305 e. The Morgan fingerprint density at radius 2 is 0.810 bits per heavy atom. The minimum atomic E-state index is -1.57. The Labute approximate surface area is 486 Å². The maximum absolute atomic E-state index is 13.0. The van der Waals surface area contributed by atoms with Crippen molar-refractivity contribution in [3.8, 4) is 0 Å². The predicted molar refractivity (Wildman–Crippen MR) is 329 cm³/mol. The van der Waals surface area contributed by atoms with Crippen LogP contribution in [-0.2, 0) is 23.8 Å². The van der Waals surface area contributed by atoms with Crippen LogP contribution in [0, 0.1) is 0 Å². The highest BCUT2D eigenvalue weighted by atomic mass is 16.7. The van der Waals surface area contributed by atoms with Gasteiger partial charge in [0.2, 0.25) is 5.91 Å². The van der Waals surface area contributed by atoms with Gasteiger partial charge in [-0.15, -0.1) is 0 Å². The topological polar surface area (TPSA) is 175 Å². The number of aliphatic hydroxyl groups is 5. The molecule has 1 fully saturated rings. The van der Waals surface area contributed by atoms with E-state index in [1.807, 2.05) is 6.08 Å². The third-order valence-electron chi connectivity index (χ3n) is 16.3. The summed E-state index contributed by atoms with van der Waals surface area (Å²) in [5.41, 5.74) is 0. The van der Waals surface area contributed by atoms with E-state index in [4.69, 9.17) is 14.2 Å². The van der Waals surface area contributed by atoms with Crippen LogP contribution in [0.2, 0.25) is 0 Å². The maximum atomic E-state index is 13.0. The molecule has 0 saturated carbocycles. The molecule has 11 nitrogen and oxygen atoms in total. The maximum Gasteiger partial charge on any atom is 0.305 e. The molecule has 0 aromatic heterocycles. The Morgan fingerprint density at radius 1 is 0.456 bits per heavy atom. The van der Waals surface area contributed by atoms with Crippen molar-refractivity contribution in [3.05, 3.63) is 24.3 Å². The summed E-state index contributed by atoms with van der Waals surface area (Å²) in [6, 6.07) is -0.811. The monoisotopic (exact) mass is 1120 g/mol. The summed E-state index contributed by atoms with van der Waals surface area (Å²) in [6.07, 6.45) is 61.7. The van der Waals surface area contributed by atoms with Gasteiger partial charge in [0.1, 0.15) is 24.4 Å². The van der Waals surface area contributed by atoms with Crippen LogP contribution in [0.4, 0.5) is 0 Å². The van der Waals surface area contributed by atoms with E-state index in [9.17, 15) is 35.1 Å². The van der Waals surface area contributed by atoms with E-state index in [1.165, 1.54) is 244 Å². The lowest BCUT2D eigenvalue weighted by Crippen LogP contribution is -2.60. The van der Waals surface area contributed by atoms with Gasteiger partial charge in [-0.1, -0.05) is 289 Å². The van der Waals surface area contributed by atoms with Gasteiger partial charge >= 0.3 is 5.97 Å². The molecule has 0 aromatic rings. The van der Waals surface area contributed by atoms with Crippen molar-refractivity contribution in [1.82, 2.24) is 5.32 Å². The number of carbonyl (C=O) groups is 2. The van der Waals surface area contributed by atoms with Gasteiger partial charge in [-0.05, 0) is 57.8 Å². The van der Waals surface area contributed by atoms with E-state index in [2.05, 4.69) is 31.3 Å². The summed E-state index contributed by atoms with van der Waals surface area (Å²) in [6.45, 7) is 4.34. The summed E-state index contributed by atoms with van der Waals surface area (Å²) >= 11 is 0. The molecule has 11 heteroatoms. The number of ether oxygens (including phenoxy) is 3. The molecule has 79 heavy (non-hydrogen) atoms. The quantitative estimate of drug-likeness (QED) is 0.0195. The van der Waals surface area contributed by atoms with Gasteiger partial charge in [-0.2, -0.15) is 0 Å². The molecule has 0 spiro atoms. The van der Waals surface area contributed by atoms with Crippen molar-refractivity contribution in [3.63, 3.8) is 0 Å². The second-order valence-corrected chi connectivity index (χ2v) is 23.9. The fourth-order valence-electron chi connectivity index (χ4n) is 10.9. The van der Waals surface area contributed by atoms with Crippen LogP contribution < -0.4 is 5.32 Å². The third-order valence-corrected chi connectivity index (χ3v) is 16.3. The SMILES string of the molecule is CCCCCCCCC/C=C/C(O)C(COC1OC(CO)C(O)C(O)C1O)NC(=O)CCCCCCCCCC/C=C\CCCCCCCCCCCCCCOC(=O)CCCCCCCCCCCCCCCCCCCC. The molecule has 1 heterocycles. The number of aliphatic hydroxyl groups excluding tert-OH is 5. The molecule has 1 aliphatic rings. The number of hydrogen-bond acceptors (Lipinski definition) is 10. The van der Waals surface area contributed by atoms with E-state index < -0.39 is 49.5 Å². The Morgan fingerprint density at radius 3 is 1.22 bits per heavy atom. The van der Waals surface area contributed by atoms with Gasteiger partial charge in [0.25, 0.3) is 0 Å². The second kappa shape index (κ2) is 57.9. The van der Waals surface area contributed by atoms with E-state index in [0.717, 1.165) is 64.2 Å². The van der Waals surface area contributed by atoms with Gasteiger partial charge in [0.15, 0.2) is 6.29 Å². The predicted octanol–water partition coefficient (Wildman–Crippen LogP) is 16.8. The van der Waals surface area contributed by atoms with Crippen molar-refractivity contribution < 1.29 is 49.3 Å². The zero-order valence-corrected chi connectivity index (χ0v) is 51.6. The Hall–Kier alpha value is -1.86. The first-order chi connectivity index (χ1) is 38.7.